The first kappa shape index (κ1) is 12.0. The molecule has 2 rings (SSSR count). The van der Waals surface area contributed by atoms with Gasteiger partial charge in [-0.3, -0.25) is 4.99 Å². The summed E-state index contributed by atoms with van der Waals surface area (Å²) in [6, 6.07) is 4.68. The number of guanidine groups is 1. The van der Waals surface area contributed by atoms with Crippen LogP contribution in [-0.2, 0) is 0 Å². The summed E-state index contributed by atoms with van der Waals surface area (Å²) in [6.45, 7) is 3.35. The molecule has 0 saturated carbocycles. The van der Waals surface area contributed by atoms with Crippen molar-refractivity contribution < 1.29 is 4.39 Å². The molecule has 2 N–H and O–H groups in total. The van der Waals surface area contributed by atoms with Crippen LogP contribution >= 0.6 is 17.0 Å². The summed E-state index contributed by atoms with van der Waals surface area (Å²) in [7, 11) is 0. The SMILES string of the molecule is Br.Cc1ccc(F)cc1N1CCN=C1N. The van der Waals surface area contributed by atoms with Crippen molar-refractivity contribution in [3.05, 3.63) is 29.6 Å². The molecule has 0 unspecified atom stereocenters. The molecule has 5 heteroatoms. The van der Waals surface area contributed by atoms with E-state index in [0.29, 0.717) is 12.5 Å². The van der Waals surface area contributed by atoms with Crippen LogP contribution in [0.15, 0.2) is 23.2 Å². The number of anilines is 1. The Morgan fingerprint density at radius 3 is 2.80 bits per heavy atom. The lowest BCUT2D eigenvalue weighted by Crippen LogP contribution is -2.34. The number of aryl methyl sites for hydroxylation is 1. The normalized spacial score (nSPS) is 14.8. The zero-order valence-electron chi connectivity index (χ0n) is 8.40. The van der Waals surface area contributed by atoms with E-state index in [9.17, 15) is 4.39 Å². The number of nitrogens with zero attached hydrogens (tertiary/aromatic N) is 2. The van der Waals surface area contributed by atoms with Crippen molar-refractivity contribution in [1.82, 2.24) is 0 Å². The van der Waals surface area contributed by atoms with E-state index in [2.05, 4.69) is 4.99 Å². The molecule has 0 radical (unpaired) electrons. The highest BCUT2D eigenvalue weighted by Crippen LogP contribution is 2.22. The number of aliphatic imine (C=N–C) groups is 1. The quantitative estimate of drug-likeness (QED) is 0.849. The molecule has 0 aromatic heterocycles. The molecule has 0 fully saturated rings. The topological polar surface area (TPSA) is 41.6 Å². The van der Waals surface area contributed by atoms with Gasteiger partial charge in [-0.25, -0.2) is 4.39 Å². The van der Waals surface area contributed by atoms with E-state index in [-0.39, 0.29) is 22.8 Å². The molecule has 0 bridgehead atoms. The largest absolute Gasteiger partial charge is 0.370 e. The Balaban J connectivity index is 0.00000112. The lowest BCUT2D eigenvalue weighted by molar-refractivity contribution is 0.627. The van der Waals surface area contributed by atoms with E-state index in [1.165, 1.54) is 12.1 Å². The van der Waals surface area contributed by atoms with E-state index in [1.807, 2.05) is 11.8 Å². The maximum atomic E-state index is 13.0. The molecule has 82 valence electrons. The minimum absolute atomic E-state index is 0. The van der Waals surface area contributed by atoms with Crippen molar-refractivity contribution in [3.63, 3.8) is 0 Å². The maximum absolute atomic E-state index is 13.0. The molecule has 1 heterocycles. The van der Waals surface area contributed by atoms with Gasteiger partial charge in [0.15, 0.2) is 5.96 Å². The summed E-state index contributed by atoms with van der Waals surface area (Å²) in [5.41, 5.74) is 7.50. The van der Waals surface area contributed by atoms with Gasteiger partial charge in [0.25, 0.3) is 0 Å². The molecule has 0 atom stereocenters. The Labute approximate surface area is 98.6 Å². The molecule has 1 aromatic rings. The first-order valence-corrected chi connectivity index (χ1v) is 4.52. The van der Waals surface area contributed by atoms with Crippen LogP contribution in [0.1, 0.15) is 5.56 Å². The summed E-state index contributed by atoms with van der Waals surface area (Å²) < 4.78 is 13.0. The number of hydrogen-bond acceptors (Lipinski definition) is 3. The van der Waals surface area contributed by atoms with E-state index in [0.717, 1.165) is 17.8 Å². The van der Waals surface area contributed by atoms with Crippen LogP contribution in [0.4, 0.5) is 10.1 Å². The van der Waals surface area contributed by atoms with Gasteiger partial charge < -0.3 is 10.6 Å². The highest BCUT2D eigenvalue weighted by molar-refractivity contribution is 8.93. The van der Waals surface area contributed by atoms with Crippen molar-refractivity contribution in [2.75, 3.05) is 18.0 Å². The van der Waals surface area contributed by atoms with Crippen molar-refractivity contribution in [3.8, 4) is 0 Å². The predicted molar refractivity (Wildman–Crippen MR) is 65.3 cm³/mol. The van der Waals surface area contributed by atoms with Gasteiger partial charge in [0.2, 0.25) is 0 Å². The van der Waals surface area contributed by atoms with Crippen LogP contribution < -0.4 is 10.6 Å². The van der Waals surface area contributed by atoms with Gasteiger partial charge in [-0.2, -0.15) is 0 Å². The molecule has 15 heavy (non-hydrogen) atoms. The molecule has 0 aliphatic carbocycles. The van der Waals surface area contributed by atoms with E-state index < -0.39 is 0 Å². The van der Waals surface area contributed by atoms with Gasteiger partial charge in [-0.05, 0) is 24.6 Å². The van der Waals surface area contributed by atoms with Crippen molar-refractivity contribution in [1.29, 1.82) is 0 Å². The fraction of sp³-hybridized carbons (Fsp3) is 0.300. The van der Waals surface area contributed by atoms with E-state index in [4.69, 9.17) is 5.73 Å². The second kappa shape index (κ2) is 4.61. The van der Waals surface area contributed by atoms with Gasteiger partial charge in [-0.1, -0.05) is 6.07 Å². The fourth-order valence-electron chi connectivity index (χ4n) is 1.58. The van der Waals surface area contributed by atoms with Crippen molar-refractivity contribution in [2.45, 2.75) is 6.92 Å². The standard InChI is InChI=1S/C10H12FN3.BrH/c1-7-2-3-8(11)6-9(7)14-5-4-13-10(14)12;/h2-3,6H,4-5H2,1H3,(H2,12,13);1H. The summed E-state index contributed by atoms with van der Waals surface area (Å²) in [4.78, 5) is 5.89. The molecule has 1 aliphatic heterocycles. The van der Waals surface area contributed by atoms with Crippen molar-refractivity contribution in [2.24, 2.45) is 10.7 Å². The molecule has 0 amide bonds. The summed E-state index contributed by atoms with van der Waals surface area (Å²) in [6.07, 6.45) is 0. The first-order chi connectivity index (χ1) is 6.68. The van der Waals surface area contributed by atoms with E-state index >= 15 is 0 Å². The van der Waals surface area contributed by atoms with E-state index in [1.54, 1.807) is 6.07 Å². The molecule has 0 saturated heterocycles. The van der Waals surface area contributed by atoms with Crippen LogP contribution in [0, 0.1) is 12.7 Å². The van der Waals surface area contributed by atoms with Crippen LogP contribution in [0.3, 0.4) is 0 Å². The van der Waals surface area contributed by atoms with Crippen molar-refractivity contribution >= 4 is 28.6 Å². The summed E-state index contributed by atoms with van der Waals surface area (Å²) >= 11 is 0. The lowest BCUT2D eigenvalue weighted by atomic mass is 10.2. The first-order valence-electron chi connectivity index (χ1n) is 4.52. The number of rotatable bonds is 1. The van der Waals surface area contributed by atoms with Gasteiger partial charge >= 0.3 is 0 Å². The third-order valence-corrected chi connectivity index (χ3v) is 2.34. The average Bonchev–Trinajstić information content (AvgIpc) is 2.56. The van der Waals surface area contributed by atoms with Crippen LogP contribution in [0.2, 0.25) is 0 Å². The number of nitrogens with two attached hydrogens (primary N) is 1. The van der Waals surface area contributed by atoms with Gasteiger partial charge in [0, 0.05) is 12.2 Å². The third kappa shape index (κ3) is 2.28. The zero-order chi connectivity index (χ0) is 10.1. The Kier molecular flexibility index (Phi) is 3.68. The number of halogens is 2. The Morgan fingerprint density at radius 2 is 2.20 bits per heavy atom. The van der Waals surface area contributed by atoms with Crippen LogP contribution in [-0.4, -0.2) is 19.0 Å². The summed E-state index contributed by atoms with van der Waals surface area (Å²) in [5, 5.41) is 0. The predicted octanol–water partition coefficient (Wildman–Crippen LogP) is 1.85. The lowest BCUT2D eigenvalue weighted by Gasteiger charge is -2.19. The highest BCUT2D eigenvalue weighted by atomic mass is 79.9. The fourth-order valence-corrected chi connectivity index (χ4v) is 1.58. The van der Waals surface area contributed by atoms with Crippen LogP contribution in [0.5, 0.6) is 0 Å². The van der Waals surface area contributed by atoms with Crippen LogP contribution in [0.25, 0.3) is 0 Å². The third-order valence-electron chi connectivity index (χ3n) is 2.34. The molecular formula is C10H13BrFN3. The van der Waals surface area contributed by atoms with Gasteiger partial charge in [0.1, 0.15) is 5.82 Å². The molecule has 1 aromatic carbocycles. The molecule has 3 nitrogen and oxygen atoms in total. The Hall–Kier alpha value is -1.10. The minimum Gasteiger partial charge on any atom is -0.370 e. The van der Waals surface area contributed by atoms with Gasteiger partial charge in [-0.15, -0.1) is 17.0 Å². The second-order valence-electron chi connectivity index (χ2n) is 3.32. The zero-order valence-corrected chi connectivity index (χ0v) is 10.1. The Bertz CT molecular complexity index is 392. The summed E-state index contributed by atoms with van der Waals surface area (Å²) in [5.74, 6) is 0.226. The second-order valence-corrected chi connectivity index (χ2v) is 3.32. The average molecular weight is 274 g/mol. The Morgan fingerprint density at radius 1 is 1.47 bits per heavy atom. The smallest absolute Gasteiger partial charge is 0.195 e. The highest BCUT2D eigenvalue weighted by Gasteiger charge is 2.17. The number of hydrogen-bond donors (Lipinski definition) is 1. The number of benzene rings is 1. The monoisotopic (exact) mass is 273 g/mol. The minimum atomic E-state index is -0.245. The molecule has 0 spiro atoms. The molecule has 1 aliphatic rings. The molecular weight excluding hydrogens is 261 g/mol. The van der Waals surface area contributed by atoms with Gasteiger partial charge in [0.05, 0.1) is 6.54 Å². The maximum Gasteiger partial charge on any atom is 0.195 e.